The fourth-order valence-electron chi connectivity index (χ4n) is 3.05. The number of aromatic nitrogens is 2. The van der Waals surface area contributed by atoms with Crippen molar-refractivity contribution in [3.05, 3.63) is 59.7 Å². The molecule has 130 valence electrons. The summed E-state index contributed by atoms with van der Waals surface area (Å²) in [6, 6.07) is 8.02. The van der Waals surface area contributed by atoms with Gasteiger partial charge in [-0.15, -0.1) is 0 Å². The van der Waals surface area contributed by atoms with Gasteiger partial charge < -0.3 is 9.80 Å². The molecule has 0 unspecified atom stereocenters. The maximum absolute atomic E-state index is 12.6. The molecule has 6 nitrogen and oxygen atoms in total. The SMILES string of the molecule is Cc1cccc(CC(=O)N2CCCN(C(=O)c3cnccn3)CC2)c1. The predicted molar refractivity (Wildman–Crippen MR) is 94.0 cm³/mol. The van der Waals surface area contributed by atoms with Crippen LogP contribution in [-0.2, 0) is 11.2 Å². The molecule has 2 heterocycles. The Morgan fingerprint density at radius 1 is 1.08 bits per heavy atom. The Labute approximate surface area is 147 Å². The number of rotatable bonds is 3. The van der Waals surface area contributed by atoms with Gasteiger partial charge in [-0.05, 0) is 18.9 Å². The molecule has 0 bridgehead atoms. The van der Waals surface area contributed by atoms with Crippen molar-refractivity contribution < 1.29 is 9.59 Å². The Morgan fingerprint density at radius 2 is 1.88 bits per heavy atom. The van der Waals surface area contributed by atoms with E-state index in [0.29, 0.717) is 38.3 Å². The van der Waals surface area contributed by atoms with E-state index in [1.807, 2.05) is 36.1 Å². The van der Waals surface area contributed by atoms with Crippen molar-refractivity contribution in [2.24, 2.45) is 0 Å². The molecule has 0 aliphatic carbocycles. The Morgan fingerprint density at radius 3 is 2.64 bits per heavy atom. The molecule has 2 amide bonds. The first kappa shape index (κ1) is 17.1. The van der Waals surface area contributed by atoms with Gasteiger partial charge in [-0.25, -0.2) is 4.98 Å². The van der Waals surface area contributed by atoms with Crippen LogP contribution in [0.2, 0.25) is 0 Å². The summed E-state index contributed by atoms with van der Waals surface area (Å²) >= 11 is 0. The van der Waals surface area contributed by atoms with Gasteiger partial charge in [0, 0.05) is 38.6 Å². The lowest BCUT2D eigenvalue weighted by atomic mass is 10.1. The summed E-state index contributed by atoms with van der Waals surface area (Å²) in [7, 11) is 0. The minimum atomic E-state index is -0.124. The lowest BCUT2D eigenvalue weighted by Crippen LogP contribution is -2.38. The monoisotopic (exact) mass is 338 g/mol. The van der Waals surface area contributed by atoms with Gasteiger partial charge in [0.15, 0.2) is 0 Å². The van der Waals surface area contributed by atoms with Crippen molar-refractivity contribution in [1.82, 2.24) is 19.8 Å². The van der Waals surface area contributed by atoms with E-state index in [9.17, 15) is 9.59 Å². The van der Waals surface area contributed by atoms with Gasteiger partial charge in [-0.1, -0.05) is 29.8 Å². The highest BCUT2D eigenvalue weighted by molar-refractivity contribution is 5.92. The number of amides is 2. The zero-order chi connectivity index (χ0) is 17.6. The molecular weight excluding hydrogens is 316 g/mol. The molecule has 1 aromatic heterocycles. The number of hydrogen-bond donors (Lipinski definition) is 0. The molecule has 1 aliphatic heterocycles. The molecule has 0 atom stereocenters. The smallest absolute Gasteiger partial charge is 0.274 e. The molecule has 1 saturated heterocycles. The third kappa shape index (κ3) is 4.41. The molecule has 25 heavy (non-hydrogen) atoms. The van der Waals surface area contributed by atoms with E-state index in [1.165, 1.54) is 12.4 Å². The molecule has 1 aromatic carbocycles. The standard InChI is InChI=1S/C19H22N4O2/c1-15-4-2-5-16(12-15)13-18(24)22-8-3-9-23(11-10-22)19(25)17-14-20-6-7-21-17/h2,4-7,12,14H,3,8-11,13H2,1H3. The molecule has 0 N–H and O–H groups in total. The highest BCUT2D eigenvalue weighted by Crippen LogP contribution is 2.11. The second kappa shape index (κ2) is 7.88. The minimum absolute atomic E-state index is 0.111. The minimum Gasteiger partial charge on any atom is -0.341 e. The second-order valence-electron chi connectivity index (χ2n) is 6.28. The van der Waals surface area contributed by atoms with Gasteiger partial charge in [0.2, 0.25) is 5.91 Å². The Kier molecular flexibility index (Phi) is 5.38. The molecule has 1 fully saturated rings. The highest BCUT2D eigenvalue weighted by Gasteiger charge is 2.23. The third-order valence-electron chi connectivity index (χ3n) is 4.36. The van der Waals surface area contributed by atoms with E-state index in [-0.39, 0.29) is 11.8 Å². The van der Waals surface area contributed by atoms with Crippen LogP contribution < -0.4 is 0 Å². The quantitative estimate of drug-likeness (QED) is 0.854. The average Bonchev–Trinajstić information content (AvgIpc) is 2.88. The second-order valence-corrected chi connectivity index (χ2v) is 6.28. The predicted octanol–water partition coefficient (Wildman–Crippen LogP) is 1.70. The number of hydrogen-bond acceptors (Lipinski definition) is 4. The molecule has 6 heteroatoms. The zero-order valence-corrected chi connectivity index (χ0v) is 14.4. The summed E-state index contributed by atoms with van der Waals surface area (Å²) in [6.07, 6.45) is 5.72. The third-order valence-corrected chi connectivity index (χ3v) is 4.36. The Hall–Kier alpha value is -2.76. The van der Waals surface area contributed by atoms with Crippen LogP contribution in [0.15, 0.2) is 42.9 Å². The van der Waals surface area contributed by atoms with Gasteiger partial charge in [0.1, 0.15) is 5.69 Å². The number of carbonyl (C=O) groups is 2. The van der Waals surface area contributed by atoms with Crippen molar-refractivity contribution in [2.45, 2.75) is 19.8 Å². The largest absolute Gasteiger partial charge is 0.341 e. The maximum atomic E-state index is 12.6. The first-order valence-corrected chi connectivity index (χ1v) is 8.52. The van der Waals surface area contributed by atoms with E-state index in [1.54, 1.807) is 11.1 Å². The number of benzene rings is 1. The van der Waals surface area contributed by atoms with Gasteiger partial charge in [0.25, 0.3) is 5.91 Å². The van der Waals surface area contributed by atoms with Crippen LogP contribution in [0.5, 0.6) is 0 Å². The first-order valence-electron chi connectivity index (χ1n) is 8.52. The first-order chi connectivity index (χ1) is 12.1. The molecule has 2 aromatic rings. The molecule has 1 aliphatic rings. The van der Waals surface area contributed by atoms with Crippen LogP contribution >= 0.6 is 0 Å². The fraction of sp³-hybridized carbons (Fsp3) is 0.368. The maximum Gasteiger partial charge on any atom is 0.274 e. The van der Waals surface area contributed by atoms with E-state index in [4.69, 9.17) is 0 Å². The van der Waals surface area contributed by atoms with Crippen LogP contribution in [-0.4, -0.2) is 57.8 Å². The molecule has 0 spiro atoms. The van der Waals surface area contributed by atoms with Crippen molar-refractivity contribution in [1.29, 1.82) is 0 Å². The zero-order valence-electron chi connectivity index (χ0n) is 14.4. The summed E-state index contributed by atoms with van der Waals surface area (Å²) in [5, 5.41) is 0. The van der Waals surface area contributed by atoms with Crippen molar-refractivity contribution in [3.63, 3.8) is 0 Å². The average molecular weight is 338 g/mol. The van der Waals surface area contributed by atoms with Crippen LogP contribution in [0.25, 0.3) is 0 Å². The van der Waals surface area contributed by atoms with E-state index in [2.05, 4.69) is 9.97 Å². The number of carbonyl (C=O) groups excluding carboxylic acids is 2. The van der Waals surface area contributed by atoms with E-state index in [0.717, 1.165) is 17.5 Å². The lowest BCUT2D eigenvalue weighted by Gasteiger charge is -2.22. The topological polar surface area (TPSA) is 66.4 Å². The normalized spacial score (nSPS) is 14.9. The molecule has 0 saturated carbocycles. The van der Waals surface area contributed by atoms with Crippen molar-refractivity contribution in [3.8, 4) is 0 Å². The van der Waals surface area contributed by atoms with E-state index >= 15 is 0 Å². The summed E-state index contributed by atoms with van der Waals surface area (Å²) < 4.78 is 0. The van der Waals surface area contributed by atoms with Gasteiger partial charge in [-0.2, -0.15) is 0 Å². The number of aryl methyl sites for hydroxylation is 1. The lowest BCUT2D eigenvalue weighted by molar-refractivity contribution is -0.130. The Bertz CT molecular complexity index is 748. The van der Waals surface area contributed by atoms with Crippen molar-refractivity contribution in [2.75, 3.05) is 26.2 Å². The van der Waals surface area contributed by atoms with Gasteiger partial charge in [0.05, 0.1) is 12.6 Å². The molecule has 0 radical (unpaired) electrons. The summed E-state index contributed by atoms with van der Waals surface area (Å²) in [5.41, 5.74) is 2.53. The van der Waals surface area contributed by atoms with Crippen LogP contribution in [0.1, 0.15) is 28.0 Å². The van der Waals surface area contributed by atoms with Crippen LogP contribution in [0.4, 0.5) is 0 Å². The Balaban J connectivity index is 1.59. The summed E-state index contributed by atoms with van der Waals surface area (Å²) in [6.45, 7) is 4.40. The van der Waals surface area contributed by atoms with Gasteiger partial charge in [-0.3, -0.25) is 14.6 Å². The van der Waals surface area contributed by atoms with Gasteiger partial charge >= 0.3 is 0 Å². The van der Waals surface area contributed by atoms with Crippen LogP contribution in [0, 0.1) is 6.92 Å². The summed E-state index contributed by atoms with van der Waals surface area (Å²) in [4.78, 5) is 36.7. The van der Waals surface area contributed by atoms with Crippen LogP contribution in [0.3, 0.4) is 0 Å². The molecule has 3 rings (SSSR count). The van der Waals surface area contributed by atoms with E-state index < -0.39 is 0 Å². The number of nitrogens with zero attached hydrogens (tertiary/aromatic N) is 4. The summed E-state index contributed by atoms with van der Waals surface area (Å²) in [5.74, 6) is -0.0134. The highest BCUT2D eigenvalue weighted by atomic mass is 16.2. The molecular formula is C19H22N4O2. The van der Waals surface area contributed by atoms with Crippen molar-refractivity contribution >= 4 is 11.8 Å². The fourth-order valence-corrected chi connectivity index (χ4v) is 3.05.